The zero-order chi connectivity index (χ0) is 8.27. The van der Waals surface area contributed by atoms with Crippen LogP contribution in [0.15, 0.2) is 23.8 Å². The van der Waals surface area contributed by atoms with Crippen molar-refractivity contribution in [1.82, 2.24) is 0 Å². The van der Waals surface area contributed by atoms with Gasteiger partial charge >= 0.3 is 0 Å². The van der Waals surface area contributed by atoms with Gasteiger partial charge < -0.3 is 5.73 Å². The molecule has 1 aliphatic carbocycles. The highest BCUT2D eigenvalue weighted by Gasteiger charge is 2.14. The van der Waals surface area contributed by atoms with Gasteiger partial charge in [0.15, 0.2) is 0 Å². The Bertz CT molecular complexity index is 184. The maximum Gasteiger partial charge on any atom is 0.0433 e. The molecule has 0 bridgehead atoms. The van der Waals surface area contributed by atoms with Gasteiger partial charge in [-0.25, -0.2) is 0 Å². The lowest BCUT2D eigenvalue weighted by Gasteiger charge is -2.12. The fourth-order valence-electron chi connectivity index (χ4n) is 1.14. The second-order valence-electron chi connectivity index (χ2n) is 2.99. The molecule has 0 heterocycles. The van der Waals surface area contributed by atoms with E-state index in [0.29, 0.717) is 12.5 Å². The quantitative estimate of drug-likeness (QED) is 0.601. The predicted molar refractivity (Wildman–Crippen MR) is 49.7 cm³/mol. The molecule has 0 aromatic heterocycles. The van der Waals surface area contributed by atoms with Crippen molar-refractivity contribution in [2.24, 2.45) is 11.7 Å². The number of hydrogen-bond acceptors (Lipinski definition) is 1. The second-order valence-corrected chi connectivity index (χ2v) is 3.55. The maximum absolute atomic E-state index is 6.10. The first-order valence-corrected chi connectivity index (χ1v) is 4.38. The Hall–Kier alpha value is -0.270. The highest BCUT2D eigenvalue weighted by Crippen LogP contribution is 2.22. The lowest BCUT2D eigenvalue weighted by Crippen LogP contribution is -2.12. The predicted octanol–water partition coefficient (Wildman–Crippen LogP) is 2.07. The summed E-state index contributed by atoms with van der Waals surface area (Å²) in [5.74, 6) is 0.456. The molecular weight excluding hydrogens is 158 g/mol. The van der Waals surface area contributed by atoms with E-state index in [-0.39, 0.29) is 5.38 Å². The van der Waals surface area contributed by atoms with Crippen molar-refractivity contribution in [3.8, 4) is 0 Å². The minimum atomic E-state index is 0.212. The molecule has 1 aliphatic rings. The number of rotatable bonds is 1. The van der Waals surface area contributed by atoms with Crippen molar-refractivity contribution in [1.29, 1.82) is 0 Å². The first-order chi connectivity index (χ1) is 5.24. The maximum atomic E-state index is 6.10. The van der Waals surface area contributed by atoms with E-state index < -0.39 is 0 Å². The number of allylic oxidation sites excluding steroid dienone is 3. The van der Waals surface area contributed by atoms with Gasteiger partial charge in [-0.05, 0) is 12.3 Å². The molecule has 2 atom stereocenters. The third-order valence-corrected chi connectivity index (χ3v) is 2.59. The molecule has 0 saturated heterocycles. The summed E-state index contributed by atoms with van der Waals surface area (Å²) >= 11 is 6.10. The van der Waals surface area contributed by atoms with Crippen LogP contribution >= 0.6 is 11.6 Å². The van der Waals surface area contributed by atoms with E-state index in [0.717, 1.165) is 6.42 Å². The highest BCUT2D eigenvalue weighted by molar-refractivity contribution is 6.21. The van der Waals surface area contributed by atoms with Crippen molar-refractivity contribution >= 4 is 11.6 Å². The SMILES string of the molecule is C[C@H]1C=CC=C(CN)CC1Cl. The fourth-order valence-corrected chi connectivity index (χ4v) is 1.43. The topological polar surface area (TPSA) is 26.0 Å². The van der Waals surface area contributed by atoms with E-state index in [4.69, 9.17) is 17.3 Å². The smallest absolute Gasteiger partial charge is 0.0433 e. The van der Waals surface area contributed by atoms with E-state index in [1.807, 2.05) is 0 Å². The van der Waals surface area contributed by atoms with E-state index in [1.165, 1.54) is 5.57 Å². The second kappa shape index (κ2) is 3.93. The summed E-state index contributed by atoms with van der Waals surface area (Å²) in [5, 5.41) is 0.212. The molecule has 0 saturated carbocycles. The molecule has 1 unspecified atom stereocenters. The lowest BCUT2D eigenvalue weighted by molar-refractivity contribution is 0.656. The summed E-state index contributed by atoms with van der Waals surface area (Å²) in [6.45, 7) is 2.75. The van der Waals surface area contributed by atoms with Crippen LogP contribution in [0.2, 0.25) is 0 Å². The Labute approximate surface area is 72.9 Å². The normalized spacial score (nSPS) is 31.4. The van der Waals surface area contributed by atoms with Crippen LogP contribution in [0.25, 0.3) is 0 Å². The van der Waals surface area contributed by atoms with Gasteiger partial charge in [-0.15, -0.1) is 11.6 Å². The van der Waals surface area contributed by atoms with E-state index in [1.54, 1.807) is 0 Å². The zero-order valence-corrected chi connectivity index (χ0v) is 7.51. The summed E-state index contributed by atoms with van der Waals surface area (Å²) < 4.78 is 0. The van der Waals surface area contributed by atoms with Gasteiger partial charge in [0.1, 0.15) is 0 Å². The van der Waals surface area contributed by atoms with E-state index in [9.17, 15) is 0 Å². The molecule has 0 aliphatic heterocycles. The van der Waals surface area contributed by atoms with Crippen LogP contribution in [0.4, 0.5) is 0 Å². The van der Waals surface area contributed by atoms with Gasteiger partial charge in [0, 0.05) is 11.9 Å². The standard InChI is InChI=1S/C9H14ClN/c1-7-3-2-4-8(6-11)5-9(7)10/h2-4,7,9H,5-6,11H2,1H3/t7-,9?/m0/s1. The van der Waals surface area contributed by atoms with Crippen molar-refractivity contribution in [3.05, 3.63) is 23.8 Å². The summed E-state index contributed by atoms with van der Waals surface area (Å²) in [4.78, 5) is 0. The molecular formula is C9H14ClN. The monoisotopic (exact) mass is 171 g/mol. The molecule has 1 rings (SSSR count). The van der Waals surface area contributed by atoms with E-state index >= 15 is 0 Å². The average molecular weight is 172 g/mol. The fraction of sp³-hybridized carbons (Fsp3) is 0.556. The van der Waals surface area contributed by atoms with Gasteiger partial charge in [0.25, 0.3) is 0 Å². The number of alkyl halides is 1. The third kappa shape index (κ3) is 2.35. The van der Waals surface area contributed by atoms with Gasteiger partial charge in [-0.1, -0.05) is 30.7 Å². The third-order valence-electron chi connectivity index (χ3n) is 2.04. The molecule has 0 amide bonds. The van der Waals surface area contributed by atoms with Crippen molar-refractivity contribution in [2.45, 2.75) is 18.7 Å². The Balaban J connectivity index is 2.65. The Morgan fingerprint density at radius 2 is 2.45 bits per heavy atom. The summed E-state index contributed by atoms with van der Waals surface area (Å²) in [6, 6.07) is 0. The van der Waals surface area contributed by atoms with Crippen molar-refractivity contribution in [2.75, 3.05) is 6.54 Å². The van der Waals surface area contributed by atoms with Crippen LogP contribution in [0.1, 0.15) is 13.3 Å². The molecule has 0 fully saturated rings. The summed E-state index contributed by atoms with van der Waals surface area (Å²) in [5.41, 5.74) is 6.76. The minimum absolute atomic E-state index is 0.212. The molecule has 2 N–H and O–H groups in total. The number of hydrogen-bond donors (Lipinski definition) is 1. The van der Waals surface area contributed by atoms with E-state index in [2.05, 4.69) is 25.2 Å². The summed E-state index contributed by atoms with van der Waals surface area (Å²) in [6.07, 6.45) is 7.17. The Kier molecular flexibility index (Phi) is 3.16. The van der Waals surface area contributed by atoms with Crippen LogP contribution in [-0.4, -0.2) is 11.9 Å². The molecule has 2 heteroatoms. The number of nitrogens with two attached hydrogens (primary N) is 1. The first-order valence-electron chi connectivity index (χ1n) is 3.94. The molecule has 0 aromatic rings. The van der Waals surface area contributed by atoms with Gasteiger partial charge in [-0.2, -0.15) is 0 Å². The Morgan fingerprint density at radius 1 is 1.73 bits per heavy atom. The average Bonchev–Trinajstić information content (AvgIpc) is 2.15. The summed E-state index contributed by atoms with van der Waals surface area (Å²) in [7, 11) is 0. The molecule has 0 aromatic carbocycles. The molecule has 11 heavy (non-hydrogen) atoms. The van der Waals surface area contributed by atoms with Crippen molar-refractivity contribution in [3.63, 3.8) is 0 Å². The molecule has 0 spiro atoms. The molecule has 62 valence electrons. The zero-order valence-electron chi connectivity index (χ0n) is 6.76. The highest BCUT2D eigenvalue weighted by atomic mass is 35.5. The van der Waals surface area contributed by atoms with Crippen LogP contribution in [0.5, 0.6) is 0 Å². The van der Waals surface area contributed by atoms with Crippen LogP contribution in [-0.2, 0) is 0 Å². The lowest BCUT2D eigenvalue weighted by atomic mass is 10.0. The van der Waals surface area contributed by atoms with Crippen LogP contribution < -0.4 is 5.73 Å². The first kappa shape index (κ1) is 8.82. The van der Waals surface area contributed by atoms with Gasteiger partial charge in [0.2, 0.25) is 0 Å². The number of halogens is 1. The Morgan fingerprint density at radius 3 is 3.09 bits per heavy atom. The molecule has 1 nitrogen and oxygen atoms in total. The van der Waals surface area contributed by atoms with Crippen molar-refractivity contribution < 1.29 is 0 Å². The van der Waals surface area contributed by atoms with Crippen LogP contribution in [0, 0.1) is 5.92 Å². The van der Waals surface area contributed by atoms with Gasteiger partial charge in [0.05, 0.1) is 0 Å². The van der Waals surface area contributed by atoms with Crippen LogP contribution in [0.3, 0.4) is 0 Å². The minimum Gasteiger partial charge on any atom is -0.327 e. The van der Waals surface area contributed by atoms with Gasteiger partial charge in [-0.3, -0.25) is 0 Å². The molecule has 0 radical (unpaired) electrons. The largest absolute Gasteiger partial charge is 0.327 e.